The SMILES string of the molecule is CC1=C[C@H]2COCC2=C[C@H]1c1ccccc1. The summed E-state index contributed by atoms with van der Waals surface area (Å²) in [5.41, 5.74) is 4.29. The fraction of sp³-hybridized carbons (Fsp3) is 0.333. The molecule has 0 spiro atoms. The fourth-order valence-corrected chi connectivity index (χ4v) is 2.63. The molecule has 0 unspecified atom stereocenters. The third-order valence-electron chi connectivity index (χ3n) is 3.54. The van der Waals surface area contributed by atoms with E-state index in [0.29, 0.717) is 11.8 Å². The van der Waals surface area contributed by atoms with Gasteiger partial charge in [-0.1, -0.05) is 48.1 Å². The van der Waals surface area contributed by atoms with Crippen molar-refractivity contribution in [3.8, 4) is 0 Å². The monoisotopic (exact) mass is 212 g/mol. The molecule has 0 bridgehead atoms. The van der Waals surface area contributed by atoms with E-state index in [1.807, 2.05) is 0 Å². The van der Waals surface area contributed by atoms with Crippen LogP contribution in [0.2, 0.25) is 0 Å². The highest BCUT2D eigenvalue weighted by Crippen LogP contribution is 2.36. The molecule has 3 rings (SSSR count). The molecule has 0 radical (unpaired) electrons. The second-order valence-electron chi connectivity index (χ2n) is 4.66. The van der Waals surface area contributed by atoms with E-state index in [0.717, 1.165) is 13.2 Å². The van der Waals surface area contributed by atoms with Gasteiger partial charge in [-0.3, -0.25) is 0 Å². The smallest absolute Gasteiger partial charge is 0.0684 e. The Balaban J connectivity index is 1.97. The van der Waals surface area contributed by atoms with Gasteiger partial charge in [0.1, 0.15) is 0 Å². The summed E-state index contributed by atoms with van der Waals surface area (Å²) in [7, 11) is 0. The first-order valence-electron chi connectivity index (χ1n) is 5.86. The molecule has 1 saturated heterocycles. The van der Waals surface area contributed by atoms with E-state index in [4.69, 9.17) is 4.74 Å². The minimum atomic E-state index is 0.453. The van der Waals surface area contributed by atoms with Crippen LogP contribution in [0.5, 0.6) is 0 Å². The Bertz CT molecular complexity index is 442. The lowest BCUT2D eigenvalue weighted by molar-refractivity contribution is 0.195. The van der Waals surface area contributed by atoms with Crippen molar-refractivity contribution in [1.29, 1.82) is 0 Å². The third kappa shape index (κ3) is 1.61. The molecule has 2 atom stereocenters. The van der Waals surface area contributed by atoms with E-state index in [1.165, 1.54) is 16.7 Å². The maximum Gasteiger partial charge on any atom is 0.0684 e. The minimum absolute atomic E-state index is 0.453. The van der Waals surface area contributed by atoms with Crippen LogP contribution < -0.4 is 0 Å². The first-order chi connectivity index (χ1) is 7.84. The number of hydrogen-bond donors (Lipinski definition) is 0. The van der Waals surface area contributed by atoms with Crippen LogP contribution in [0.15, 0.2) is 53.6 Å². The molecular formula is C15H16O. The minimum Gasteiger partial charge on any atom is -0.376 e. The van der Waals surface area contributed by atoms with Crippen LogP contribution in [0.3, 0.4) is 0 Å². The summed E-state index contributed by atoms with van der Waals surface area (Å²) in [6.07, 6.45) is 4.77. The van der Waals surface area contributed by atoms with Crippen molar-refractivity contribution in [2.24, 2.45) is 5.92 Å². The van der Waals surface area contributed by atoms with E-state index in [1.54, 1.807) is 0 Å². The van der Waals surface area contributed by atoms with E-state index in [-0.39, 0.29) is 0 Å². The summed E-state index contributed by atoms with van der Waals surface area (Å²) in [6.45, 7) is 3.91. The Morgan fingerprint density at radius 2 is 1.94 bits per heavy atom. The zero-order valence-electron chi connectivity index (χ0n) is 9.52. The van der Waals surface area contributed by atoms with Gasteiger partial charge in [-0.2, -0.15) is 0 Å². The van der Waals surface area contributed by atoms with Gasteiger partial charge in [0, 0.05) is 11.8 Å². The summed E-state index contributed by atoms with van der Waals surface area (Å²) in [5, 5.41) is 0. The molecule has 1 heteroatoms. The molecule has 1 nitrogen and oxygen atoms in total. The molecule has 1 aliphatic carbocycles. The number of ether oxygens (including phenoxy) is 1. The average molecular weight is 212 g/mol. The van der Waals surface area contributed by atoms with Crippen molar-refractivity contribution in [2.45, 2.75) is 12.8 Å². The quantitative estimate of drug-likeness (QED) is 0.649. The van der Waals surface area contributed by atoms with E-state index >= 15 is 0 Å². The maximum absolute atomic E-state index is 5.51. The zero-order chi connectivity index (χ0) is 11.0. The van der Waals surface area contributed by atoms with E-state index in [9.17, 15) is 0 Å². The molecule has 1 fully saturated rings. The molecule has 0 aromatic heterocycles. The lowest BCUT2D eigenvalue weighted by Gasteiger charge is -2.22. The molecule has 0 amide bonds. The number of fused-ring (bicyclic) bond motifs is 1. The Labute approximate surface area is 96.4 Å². The van der Waals surface area contributed by atoms with Gasteiger partial charge in [0.25, 0.3) is 0 Å². The van der Waals surface area contributed by atoms with Crippen LogP contribution >= 0.6 is 0 Å². The van der Waals surface area contributed by atoms with Gasteiger partial charge in [0.15, 0.2) is 0 Å². The molecule has 0 saturated carbocycles. The molecule has 0 N–H and O–H groups in total. The van der Waals surface area contributed by atoms with Gasteiger partial charge in [-0.15, -0.1) is 0 Å². The zero-order valence-corrected chi connectivity index (χ0v) is 9.52. The highest BCUT2D eigenvalue weighted by Gasteiger charge is 2.26. The number of rotatable bonds is 1. The summed E-state index contributed by atoms with van der Waals surface area (Å²) >= 11 is 0. The molecule has 82 valence electrons. The summed E-state index contributed by atoms with van der Waals surface area (Å²) in [4.78, 5) is 0. The summed E-state index contributed by atoms with van der Waals surface area (Å²) in [5.74, 6) is 0.995. The summed E-state index contributed by atoms with van der Waals surface area (Å²) < 4.78 is 5.51. The van der Waals surface area contributed by atoms with Crippen LogP contribution in [0.25, 0.3) is 0 Å². The highest BCUT2D eigenvalue weighted by molar-refractivity contribution is 5.40. The topological polar surface area (TPSA) is 9.23 Å². The first-order valence-corrected chi connectivity index (χ1v) is 5.86. The van der Waals surface area contributed by atoms with Gasteiger partial charge in [-0.25, -0.2) is 0 Å². The third-order valence-corrected chi connectivity index (χ3v) is 3.54. The van der Waals surface area contributed by atoms with Crippen molar-refractivity contribution >= 4 is 0 Å². The van der Waals surface area contributed by atoms with Crippen molar-refractivity contribution in [2.75, 3.05) is 13.2 Å². The van der Waals surface area contributed by atoms with Crippen LogP contribution in [0.1, 0.15) is 18.4 Å². The lowest BCUT2D eigenvalue weighted by atomic mass is 9.81. The van der Waals surface area contributed by atoms with Crippen LogP contribution in [-0.4, -0.2) is 13.2 Å². The Morgan fingerprint density at radius 1 is 1.12 bits per heavy atom. The van der Waals surface area contributed by atoms with Crippen LogP contribution in [-0.2, 0) is 4.74 Å². The standard InChI is InChI=1S/C15H16O/c1-11-7-13-9-16-10-14(13)8-15(11)12-5-3-2-4-6-12/h2-8,13,15H,9-10H2,1H3/t13-,15+/m0/s1. The number of allylic oxidation sites excluding steroid dienone is 2. The molecule has 2 aliphatic rings. The Kier molecular flexibility index (Phi) is 2.41. The molecule has 1 heterocycles. The van der Waals surface area contributed by atoms with E-state index < -0.39 is 0 Å². The molecule has 16 heavy (non-hydrogen) atoms. The molecule has 1 aromatic carbocycles. The van der Waals surface area contributed by atoms with Gasteiger partial charge in [0.2, 0.25) is 0 Å². The first kappa shape index (κ1) is 9.86. The summed E-state index contributed by atoms with van der Waals surface area (Å²) in [6, 6.07) is 10.7. The fourth-order valence-electron chi connectivity index (χ4n) is 2.63. The van der Waals surface area contributed by atoms with Gasteiger partial charge < -0.3 is 4.74 Å². The Morgan fingerprint density at radius 3 is 2.75 bits per heavy atom. The molecular weight excluding hydrogens is 196 g/mol. The molecule has 1 aliphatic heterocycles. The van der Waals surface area contributed by atoms with E-state index in [2.05, 4.69) is 49.4 Å². The van der Waals surface area contributed by atoms with Gasteiger partial charge in [-0.05, 0) is 18.1 Å². The predicted molar refractivity (Wildman–Crippen MR) is 65.3 cm³/mol. The number of hydrogen-bond acceptors (Lipinski definition) is 1. The largest absolute Gasteiger partial charge is 0.376 e. The normalized spacial score (nSPS) is 28.3. The van der Waals surface area contributed by atoms with Crippen molar-refractivity contribution in [3.63, 3.8) is 0 Å². The van der Waals surface area contributed by atoms with Crippen molar-refractivity contribution < 1.29 is 4.74 Å². The highest BCUT2D eigenvalue weighted by atomic mass is 16.5. The maximum atomic E-state index is 5.51. The van der Waals surface area contributed by atoms with Crippen LogP contribution in [0.4, 0.5) is 0 Å². The second-order valence-corrected chi connectivity index (χ2v) is 4.66. The van der Waals surface area contributed by atoms with Crippen molar-refractivity contribution in [1.82, 2.24) is 0 Å². The van der Waals surface area contributed by atoms with Crippen LogP contribution in [0, 0.1) is 5.92 Å². The second kappa shape index (κ2) is 3.91. The molecule has 1 aromatic rings. The van der Waals surface area contributed by atoms with Gasteiger partial charge >= 0.3 is 0 Å². The predicted octanol–water partition coefficient (Wildman–Crippen LogP) is 3.30. The lowest BCUT2D eigenvalue weighted by Crippen LogP contribution is -2.10. The van der Waals surface area contributed by atoms with Crippen molar-refractivity contribution in [3.05, 3.63) is 59.2 Å². The Hall–Kier alpha value is -1.34. The number of benzene rings is 1. The average Bonchev–Trinajstić information content (AvgIpc) is 2.76. The van der Waals surface area contributed by atoms with Gasteiger partial charge in [0.05, 0.1) is 13.2 Å².